The van der Waals surface area contributed by atoms with Gasteiger partial charge in [-0.25, -0.2) is 0 Å². The maximum Gasteiger partial charge on any atom is 2.00 e. The van der Waals surface area contributed by atoms with E-state index in [0.717, 1.165) is 0 Å². The molecule has 11 heavy (non-hydrogen) atoms. The largest absolute Gasteiger partial charge is 2.00 e. The summed E-state index contributed by atoms with van der Waals surface area (Å²) in [6, 6.07) is 0. The second-order valence-corrected chi connectivity index (χ2v) is 15.6. The Kier molecular flexibility index (Phi) is 60.2. The molecule has 0 rings (SSSR count). The van der Waals surface area contributed by atoms with Crippen molar-refractivity contribution in [1.82, 2.24) is 0 Å². The predicted octanol–water partition coefficient (Wildman–Crippen LogP) is 3.10. The Labute approximate surface area is 98.7 Å². The van der Waals surface area contributed by atoms with Crippen LogP contribution < -0.4 is 0 Å². The van der Waals surface area contributed by atoms with Crippen molar-refractivity contribution in [3.05, 3.63) is 14.9 Å². The van der Waals surface area contributed by atoms with Crippen LogP contribution in [0.15, 0.2) is 0 Å². The van der Waals surface area contributed by atoms with Crippen LogP contribution in [0.1, 0.15) is 0 Å². The van der Waals surface area contributed by atoms with Crippen LogP contribution in [-0.2, 0) is 21.1 Å². The van der Waals surface area contributed by atoms with Crippen molar-refractivity contribution in [2.75, 3.05) is 0 Å². The van der Waals surface area contributed by atoms with Crippen LogP contribution in [0.4, 0.5) is 0 Å². The molecule has 0 aromatic rings. The van der Waals surface area contributed by atoms with E-state index in [0.29, 0.717) is 0 Å². The topological polar surface area (TPSA) is 0 Å². The predicted molar refractivity (Wildman–Crippen MR) is 62.3 cm³/mol. The second-order valence-electron chi connectivity index (χ2n) is 3.00. The minimum atomic E-state index is -0.333. The van der Waals surface area contributed by atoms with Gasteiger partial charge in [-0.1, -0.05) is 0 Å². The van der Waals surface area contributed by atoms with Gasteiger partial charge in [0.25, 0.3) is 0 Å². The van der Waals surface area contributed by atoms with Crippen molar-refractivity contribution >= 4 is 29.3 Å². The molecule has 0 aromatic carbocycles. The monoisotopic (exact) mass is 467 g/mol. The van der Waals surface area contributed by atoms with Gasteiger partial charge in [0.15, 0.2) is 0 Å². The molecule has 0 saturated carbocycles. The van der Waals surface area contributed by atoms with Gasteiger partial charge in [0.2, 0.25) is 0 Å². The zero-order valence-corrected chi connectivity index (χ0v) is 15.8. The van der Waals surface area contributed by atoms with Crippen LogP contribution in [-0.4, -0.2) is 29.3 Å². The molecule has 0 amide bonds. The molecule has 0 aliphatic rings. The Balaban J connectivity index is -0.0000000171. The average Bonchev–Trinajstić information content (AvgIpc) is 1.25. The van der Waals surface area contributed by atoms with Gasteiger partial charge in [-0.15, -0.1) is 0 Å². The van der Waals surface area contributed by atoms with Crippen molar-refractivity contribution in [3.8, 4) is 0 Å². The fraction of sp³-hybridized carbons (Fsp3) is 0.750. The van der Waals surface area contributed by atoms with Crippen LogP contribution in [0.5, 0.6) is 0 Å². The average molecular weight is 467 g/mol. The maximum atomic E-state index is 2.33. The summed E-state index contributed by atoms with van der Waals surface area (Å²) in [6.45, 7) is 0. The molecule has 0 aromatic heterocycles. The molecule has 0 atom stereocenters. The van der Waals surface area contributed by atoms with E-state index in [2.05, 4.69) is 34.3 Å². The quantitative estimate of drug-likeness (QED) is 0.380. The van der Waals surface area contributed by atoms with Crippen LogP contribution in [0, 0.1) is 14.9 Å². The van der Waals surface area contributed by atoms with E-state index >= 15 is 0 Å². The molecule has 3 heteroatoms. The summed E-state index contributed by atoms with van der Waals surface area (Å²) < 4.78 is 0. The molecule has 0 unspecified atom stereocenters. The van der Waals surface area contributed by atoms with E-state index in [4.69, 9.17) is 0 Å². The third-order valence-electron chi connectivity index (χ3n) is 0. The van der Waals surface area contributed by atoms with Gasteiger partial charge < -0.3 is 14.9 Å². The Bertz CT molecular complexity index is 27.6. The van der Waals surface area contributed by atoms with Crippen LogP contribution >= 0.6 is 0 Å². The Hall–Kier alpha value is 1.81. The van der Waals surface area contributed by atoms with E-state index in [9.17, 15) is 0 Å². The van der Waals surface area contributed by atoms with Gasteiger partial charge in [-0.2, -0.15) is 0 Å². The number of rotatable bonds is 0. The molecule has 0 aliphatic heterocycles. The van der Waals surface area contributed by atoms with Gasteiger partial charge in [0, 0.05) is 0 Å². The molecule has 0 N–H and O–H groups in total. The number of hydrogen-bond donors (Lipinski definition) is 0. The molecular weight excluding hydrogens is 441 g/mol. The summed E-state index contributed by atoms with van der Waals surface area (Å²) in [5.41, 5.74) is 14.0. The van der Waals surface area contributed by atoms with Crippen molar-refractivity contribution in [2.24, 2.45) is 0 Å². The molecule has 78 valence electrons. The van der Waals surface area contributed by atoms with E-state index < -0.39 is 0 Å². The molecule has 2 radical (unpaired) electrons. The third kappa shape index (κ3) is 348. The molecule has 0 aliphatic carbocycles. The summed E-state index contributed by atoms with van der Waals surface area (Å²) in [5, 5.41) is 0. The molecule has 0 saturated heterocycles. The maximum absolute atomic E-state index is 2.33. The first kappa shape index (κ1) is 29.3. The fourth-order valence-electron chi connectivity index (χ4n) is 0. The molecule has 0 bridgehead atoms. The number of hydrogen-bond acceptors (Lipinski definition) is 0. The van der Waals surface area contributed by atoms with Crippen molar-refractivity contribution in [2.45, 2.75) is 34.3 Å². The minimum Gasteiger partial charge on any atom is -0.358 e. The molecule has 0 spiro atoms. The molecule has 0 nitrogen and oxygen atoms in total. The minimum absolute atomic E-state index is 0. The summed E-state index contributed by atoms with van der Waals surface area (Å²) in [4.78, 5) is 0. The Morgan fingerprint density at radius 3 is 0.545 bits per heavy atom. The first-order chi connectivity index (χ1) is 3.46. The Morgan fingerprint density at radius 2 is 0.545 bits per heavy atom. The van der Waals surface area contributed by atoms with E-state index in [-0.39, 0.29) is 65.2 Å². The van der Waals surface area contributed by atoms with Gasteiger partial charge in [0.05, 0.1) is 0 Å². The van der Waals surface area contributed by atoms with Gasteiger partial charge in [-0.3, -0.25) is 0 Å². The van der Waals surface area contributed by atoms with E-state index in [1.165, 1.54) is 0 Å². The summed E-state index contributed by atoms with van der Waals surface area (Å²) >= 11 is -0.667. The molecular formula is C8H26As2Pt. The van der Waals surface area contributed by atoms with Crippen LogP contribution in [0.25, 0.3) is 0 Å². The molecule has 0 fully saturated rings. The van der Waals surface area contributed by atoms with Crippen LogP contribution in [0.2, 0.25) is 34.3 Å². The SMILES string of the molecule is C[AsH](C)C.C[AsH](C)C.[CH3-].[CH3-].[Pt+2]. The van der Waals surface area contributed by atoms with Crippen molar-refractivity contribution < 1.29 is 21.1 Å². The first-order valence-corrected chi connectivity index (χ1v) is 15.6. The summed E-state index contributed by atoms with van der Waals surface area (Å²) in [6.07, 6.45) is 0. The Morgan fingerprint density at radius 1 is 0.545 bits per heavy atom. The summed E-state index contributed by atoms with van der Waals surface area (Å²) in [7, 11) is 0. The molecule has 0 heterocycles. The second kappa shape index (κ2) is 22.6. The van der Waals surface area contributed by atoms with Gasteiger partial charge >= 0.3 is 84.6 Å². The van der Waals surface area contributed by atoms with E-state index in [1.807, 2.05) is 0 Å². The smallest absolute Gasteiger partial charge is 0.358 e. The zero-order chi connectivity index (χ0) is 7.15. The summed E-state index contributed by atoms with van der Waals surface area (Å²) in [5.74, 6) is 0. The van der Waals surface area contributed by atoms with E-state index in [1.54, 1.807) is 0 Å². The third-order valence-corrected chi connectivity index (χ3v) is 0. The standard InChI is InChI=1S/2C3H10As.2CH3.Pt/c2*1-4(2)3;;;/h2*4H,1-3H3;2*1H3;/q;;2*-1;+2. The van der Waals surface area contributed by atoms with Crippen LogP contribution in [0.3, 0.4) is 0 Å². The normalized spacial score (nSPS) is 6.55. The van der Waals surface area contributed by atoms with Crippen molar-refractivity contribution in [1.29, 1.82) is 0 Å². The van der Waals surface area contributed by atoms with Gasteiger partial charge in [-0.05, 0) is 0 Å². The van der Waals surface area contributed by atoms with Gasteiger partial charge in [0.1, 0.15) is 0 Å². The zero-order valence-electron chi connectivity index (χ0n) is 9.32. The fourth-order valence-corrected chi connectivity index (χ4v) is 0. The first-order valence-electron chi connectivity index (χ1n) is 3.00. The van der Waals surface area contributed by atoms with Crippen molar-refractivity contribution in [3.63, 3.8) is 0 Å².